The molecule has 1 atom stereocenters. The third-order valence-corrected chi connectivity index (χ3v) is 5.30. The van der Waals surface area contributed by atoms with Crippen molar-refractivity contribution in [2.75, 3.05) is 23.0 Å². The highest BCUT2D eigenvalue weighted by atomic mass is 35.5. The zero-order valence-corrected chi connectivity index (χ0v) is 16.6. The molecule has 8 heteroatoms. The molecule has 26 heavy (non-hydrogen) atoms. The number of hydrogen-bond donors (Lipinski definition) is 1. The highest BCUT2D eigenvalue weighted by molar-refractivity contribution is 7.92. The fourth-order valence-corrected chi connectivity index (χ4v) is 3.94. The predicted octanol–water partition coefficient (Wildman–Crippen LogP) is 3.45. The Hall–Kier alpha value is -2.25. The summed E-state index contributed by atoms with van der Waals surface area (Å²) in [4.78, 5) is 12.7. The van der Waals surface area contributed by atoms with Crippen molar-refractivity contribution >= 4 is 38.9 Å². The van der Waals surface area contributed by atoms with Crippen LogP contribution in [0.25, 0.3) is 0 Å². The van der Waals surface area contributed by atoms with E-state index in [0.29, 0.717) is 27.7 Å². The first-order valence-electron chi connectivity index (χ1n) is 7.84. The van der Waals surface area contributed by atoms with E-state index in [1.54, 1.807) is 43.3 Å². The van der Waals surface area contributed by atoms with Gasteiger partial charge in [0.1, 0.15) is 11.8 Å². The second-order valence-corrected chi connectivity index (χ2v) is 8.18. The largest absolute Gasteiger partial charge is 0.497 e. The SMILES string of the molecule is COc1cccc(NC(=O)[C@H](C)N(c2cc(Cl)ccc2C)S(C)(=O)=O)c1. The van der Waals surface area contributed by atoms with E-state index >= 15 is 0 Å². The first kappa shape index (κ1) is 20.1. The van der Waals surface area contributed by atoms with Crippen LogP contribution in [-0.4, -0.2) is 33.7 Å². The van der Waals surface area contributed by atoms with Crippen LogP contribution >= 0.6 is 11.6 Å². The van der Waals surface area contributed by atoms with E-state index in [0.717, 1.165) is 10.6 Å². The molecule has 0 aliphatic carbocycles. The van der Waals surface area contributed by atoms with Gasteiger partial charge in [-0.1, -0.05) is 23.7 Å². The average molecular weight is 397 g/mol. The summed E-state index contributed by atoms with van der Waals surface area (Å²) in [6.07, 6.45) is 1.06. The van der Waals surface area contributed by atoms with Crippen LogP contribution in [-0.2, 0) is 14.8 Å². The second-order valence-electron chi connectivity index (χ2n) is 5.89. The lowest BCUT2D eigenvalue weighted by molar-refractivity contribution is -0.116. The topological polar surface area (TPSA) is 75.7 Å². The van der Waals surface area contributed by atoms with Crippen molar-refractivity contribution in [1.82, 2.24) is 0 Å². The molecule has 0 heterocycles. The van der Waals surface area contributed by atoms with E-state index in [1.807, 2.05) is 0 Å². The van der Waals surface area contributed by atoms with Crippen molar-refractivity contribution in [3.05, 3.63) is 53.1 Å². The number of carbonyl (C=O) groups is 1. The van der Waals surface area contributed by atoms with Crippen molar-refractivity contribution in [2.24, 2.45) is 0 Å². The lowest BCUT2D eigenvalue weighted by Crippen LogP contribution is -2.45. The number of nitrogens with zero attached hydrogens (tertiary/aromatic N) is 1. The number of amides is 1. The van der Waals surface area contributed by atoms with Gasteiger partial charge in [-0.15, -0.1) is 0 Å². The lowest BCUT2D eigenvalue weighted by Gasteiger charge is -2.29. The molecular formula is C18H21ClN2O4S. The summed E-state index contributed by atoms with van der Waals surface area (Å²) in [5.74, 6) is 0.115. The van der Waals surface area contributed by atoms with Gasteiger partial charge in [0.05, 0.1) is 19.1 Å². The molecule has 2 aromatic carbocycles. The van der Waals surface area contributed by atoms with E-state index in [2.05, 4.69) is 5.32 Å². The molecule has 6 nitrogen and oxygen atoms in total. The Morgan fingerprint density at radius 1 is 1.23 bits per heavy atom. The van der Waals surface area contributed by atoms with Crippen LogP contribution in [0.15, 0.2) is 42.5 Å². The van der Waals surface area contributed by atoms with Crippen LogP contribution in [0.4, 0.5) is 11.4 Å². The number of ether oxygens (including phenoxy) is 1. The second kappa shape index (κ2) is 7.97. The molecule has 0 unspecified atom stereocenters. The Kier molecular flexibility index (Phi) is 6.15. The Bertz CT molecular complexity index is 915. The molecule has 0 bridgehead atoms. The van der Waals surface area contributed by atoms with Gasteiger partial charge in [0.25, 0.3) is 0 Å². The van der Waals surface area contributed by atoms with Crippen LogP contribution < -0.4 is 14.4 Å². The zero-order chi connectivity index (χ0) is 19.5. The fraction of sp³-hybridized carbons (Fsp3) is 0.278. The van der Waals surface area contributed by atoms with E-state index in [4.69, 9.17) is 16.3 Å². The first-order chi connectivity index (χ1) is 12.1. The van der Waals surface area contributed by atoms with Crippen molar-refractivity contribution in [1.29, 1.82) is 0 Å². The highest BCUT2D eigenvalue weighted by Gasteiger charge is 2.30. The van der Waals surface area contributed by atoms with Crippen molar-refractivity contribution in [3.8, 4) is 5.75 Å². The van der Waals surface area contributed by atoms with Crippen LogP contribution in [0, 0.1) is 6.92 Å². The molecular weight excluding hydrogens is 376 g/mol. The summed E-state index contributed by atoms with van der Waals surface area (Å²) >= 11 is 6.02. The van der Waals surface area contributed by atoms with Gasteiger partial charge < -0.3 is 10.1 Å². The Labute approximate surface area is 158 Å². The van der Waals surface area contributed by atoms with Gasteiger partial charge >= 0.3 is 0 Å². The predicted molar refractivity (Wildman–Crippen MR) is 105 cm³/mol. The van der Waals surface area contributed by atoms with Gasteiger partial charge in [0.15, 0.2) is 0 Å². The number of hydrogen-bond acceptors (Lipinski definition) is 4. The maximum Gasteiger partial charge on any atom is 0.247 e. The summed E-state index contributed by atoms with van der Waals surface area (Å²) in [7, 11) is -2.19. The number of sulfonamides is 1. The lowest BCUT2D eigenvalue weighted by atomic mass is 10.1. The Morgan fingerprint density at radius 2 is 1.92 bits per heavy atom. The summed E-state index contributed by atoms with van der Waals surface area (Å²) in [6.45, 7) is 3.29. The molecule has 2 rings (SSSR count). The van der Waals surface area contributed by atoms with Gasteiger partial charge in [-0.2, -0.15) is 0 Å². The minimum atomic E-state index is -3.72. The molecule has 1 amide bonds. The third kappa shape index (κ3) is 4.68. The Balaban J connectivity index is 2.36. The van der Waals surface area contributed by atoms with Crippen molar-refractivity contribution in [2.45, 2.75) is 19.9 Å². The number of rotatable bonds is 6. The maximum absolute atomic E-state index is 12.7. The number of aryl methyl sites for hydroxylation is 1. The molecule has 1 N–H and O–H groups in total. The number of benzene rings is 2. The van der Waals surface area contributed by atoms with E-state index in [1.165, 1.54) is 20.1 Å². The summed E-state index contributed by atoms with van der Waals surface area (Å²) < 4.78 is 31.0. The molecule has 0 aliphatic heterocycles. The number of anilines is 2. The van der Waals surface area contributed by atoms with E-state index in [9.17, 15) is 13.2 Å². The number of methoxy groups -OCH3 is 1. The third-order valence-electron chi connectivity index (χ3n) is 3.83. The van der Waals surface area contributed by atoms with Crippen LogP contribution in [0.2, 0.25) is 5.02 Å². The minimum Gasteiger partial charge on any atom is -0.497 e. The molecule has 0 saturated heterocycles. The normalized spacial score (nSPS) is 12.3. The van der Waals surface area contributed by atoms with Crippen molar-refractivity contribution < 1.29 is 17.9 Å². The summed E-state index contributed by atoms with van der Waals surface area (Å²) in [5.41, 5.74) is 1.58. The molecule has 0 spiro atoms. The quantitative estimate of drug-likeness (QED) is 0.811. The van der Waals surface area contributed by atoms with Crippen LogP contribution in [0.5, 0.6) is 5.75 Å². The average Bonchev–Trinajstić information content (AvgIpc) is 2.57. The summed E-state index contributed by atoms with van der Waals surface area (Å²) in [6, 6.07) is 10.8. The highest BCUT2D eigenvalue weighted by Crippen LogP contribution is 2.28. The number of nitrogens with one attached hydrogen (secondary N) is 1. The molecule has 2 aromatic rings. The molecule has 0 fully saturated rings. The van der Waals surface area contributed by atoms with Gasteiger partial charge in [-0.05, 0) is 43.7 Å². The van der Waals surface area contributed by atoms with E-state index in [-0.39, 0.29) is 0 Å². The minimum absolute atomic E-state index is 0.369. The molecule has 140 valence electrons. The van der Waals surface area contributed by atoms with Gasteiger partial charge in [0, 0.05) is 16.8 Å². The number of carbonyl (C=O) groups excluding carboxylic acids is 1. The molecule has 0 aliphatic rings. The van der Waals surface area contributed by atoms with Gasteiger partial charge in [0.2, 0.25) is 15.9 Å². The number of halogens is 1. The van der Waals surface area contributed by atoms with Crippen molar-refractivity contribution in [3.63, 3.8) is 0 Å². The van der Waals surface area contributed by atoms with Crippen LogP contribution in [0.3, 0.4) is 0 Å². The monoisotopic (exact) mass is 396 g/mol. The Morgan fingerprint density at radius 3 is 2.54 bits per heavy atom. The summed E-state index contributed by atoms with van der Waals surface area (Å²) in [5, 5.41) is 3.10. The maximum atomic E-state index is 12.7. The molecule has 0 radical (unpaired) electrons. The zero-order valence-electron chi connectivity index (χ0n) is 15.0. The fourth-order valence-electron chi connectivity index (χ4n) is 2.55. The van der Waals surface area contributed by atoms with Gasteiger partial charge in [-0.25, -0.2) is 8.42 Å². The van der Waals surface area contributed by atoms with E-state index < -0.39 is 22.0 Å². The van der Waals surface area contributed by atoms with Gasteiger partial charge in [-0.3, -0.25) is 9.10 Å². The molecule has 0 aromatic heterocycles. The smallest absolute Gasteiger partial charge is 0.247 e. The standard InChI is InChI=1S/C18H21ClN2O4S/c1-12-8-9-14(19)10-17(12)21(26(4,23)24)13(2)18(22)20-15-6-5-7-16(11-15)25-3/h5-11,13H,1-4H3,(H,20,22)/t13-/m0/s1. The van der Waals surface area contributed by atoms with Crippen LogP contribution in [0.1, 0.15) is 12.5 Å². The molecule has 0 saturated carbocycles. The first-order valence-corrected chi connectivity index (χ1v) is 10.1.